The van der Waals surface area contributed by atoms with Gasteiger partial charge < -0.3 is 5.32 Å². The third-order valence-electron chi connectivity index (χ3n) is 5.39. The second-order valence-corrected chi connectivity index (χ2v) is 7.49. The second kappa shape index (κ2) is 7.60. The smallest absolute Gasteiger partial charge is 0.159 e. The monoisotopic (exact) mass is 385 g/mol. The average Bonchev–Trinajstić information content (AvgIpc) is 3.44. The fourth-order valence-corrected chi connectivity index (χ4v) is 3.78. The van der Waals surface area contributed by atoms with Gasteiger partial charge in [0.25, 0.3) is 0 Å². The minimum Gasteiger partial charge on any atom is -0.315 e. The first-order chi connectivity index (χ1) is 14.3. The summed E-state index contributed by atoms with van der Waals surface area (Å²) in [6.45, 7) is 2.08. The maximum absolute atomic E-state index is 4.61. The van der Waals surface area contributed by atoms with Gasteiger partial charge in [0.1, 0.15) is 0 Å². The standard InChI is InChI=1S/C22H23N7/c1-28-14-19(11-26-28)16-4-2-5-17(8-16)22-24-9-18(10-25-22)20-12-27-29(15-20)21-6-3-7-23-13-21/h2,4-5,8-12,14-15,21,23H,3,6-7,13H2,1H3. The van der Waals surface area contributed by atoms with Crippen molar-refractivity contribution in [3.63, 3.8) is 0 Å². The number of nitrogens with zero attached hydrogens (tertiary/aromatic N) is 6. The van der Waals surface area contributed by atoms with Crippen LogP contribution in [0.3, 0.4) is 0 Å². The number of aromatic nitrogens is 6. The maximum atomic E-state index is 4.61. The van der Waals surface area contributed by atoms with Gasteiger partial charge in [0.2, 0.25) is 0 Å². The molecule has 1 fully saturated rings. The molecule has 146 valence electrons. The van der Waals surface area contributed by atoms with Crippen molar-refractivity contribution in [1.29, 1.82) is 0 Å². The van der Waals surface area contributed by atoms with Crippen LogP contribution in [-0.2, 0) is 7.05 Å². The number of rotatable bonds is 4. The Morgan fingerprint density at radius 2 is 1.69 bits per heavy atom. The molecule has 5 rings (SSSR count). The fraction of sp³-hybridized carbons (Fsp3) is 0.273. The number of hydrogen-bond donors (Lipinski definition) is 1. The first-order valence-corrected chi connectivity index (χ1v) is 9.93. The Bertz CT molecular complexity index is 1100. The Labute approximate surface area is 169 Å². The number of aryl methyl sites for hydroxylation is 1. The predicted molar refractivity (Wildman–Crippen MR) is 112 cm³/mol. The highest BCUT2D eigenvalue weighted by atomic mass is 15.3. The minimum absolute atomic E-state index is 0.424. The third kappa shape index (κ3) is 3.69. The lowest BCUT2D eigenvalue weighted by atomic mass is 10.1. The summed E-state index contributed by atoms with van der Waals surface area (Å²) < 4.78 is 3.86. The summed E-state index contributed by atoms with van der Waals surface area (Å²) in [4.78, 5) is 9.21. The first kappa shape index (κ1) is 17.8. The molecule has 3 aromatic heterocycles. The van der Waals surface area contributed by atoms with E-state index in [2.05, 4.69) is 48.5 Å². The molecule has 0 saturated carbocycles. The van der Waals surface area contributed by atoms with Crippen LogP contribution in [0.4, 0.5) is 0 Å². The molecule has 1 atom stereocenters. The lowest BCUT2D eigenvalue weighted by Crippen LogP contribution is -2.31. The Balaban J connectivity index is 1.37. The topological polar surface area (TPSA) is 73.5 Å². The number of benzene rings is 1. The molecule has 0 bridgehead atoms. The lowest BCUT2D eigenvalue weighted by Gasteiger charge is -2.22. The van der Waals surface area contributed by atoms with Crippen molar-refractivity contribution in [2.24, 2.45) is 7.05 Å². The molecule has 1 aromatic carbocycles. The molecule has 0 aliphatic carbocycles. The first-order valence-electron chi connectivity index (χ1n) is 9.93. The highest BCUT2D eigenvalue weighted by molar-refractivity contribution is 5.70. The van der Waals surface area contributed by atoms with Gasteiger partial charge in [0.15, 0.2) is 5.82 Å². The van der Waals surface area contributed by atoms with Crippen LogP contribution in [0, 0.1) is 0 Å². The number of piperidine rings is 1. The van der Waals surface area contributed by atoms with E-state index in [0.29, 0.717) is 11.9 Å². The van der Waals surface area contributed by atoms with E-state index in [-0.39, 0.29) is 0 Å². The van der Waals surface area contributed by atoms with Crippen LogP contribution in [0.5, 0.6) is 0 Å². The van der Waals surface area contributed by atoms with Crippen molar-refractivity contribution in [3.8, 4) is 33.6 Å². The van der Waals surface area contributed by atoms with Crippen molar-refractivity contribution < 1.29 is 0 Å². The predicted octanol–water partition coefficient (Wildman–Crippen LogP) is 3.33. The Kier molecular flexibility index (Phi) is 4.65. The zero-order valence-electron chi connectivity index (χ0n) is 16.4. The van der Waals surface area contributed by atoms with Gasteiger partial charge in [-0.3, -0.25) is 9.36 Å². The minimum atomic E-state index is 0.424. The van der Waals surface area contributed by atoms with Crippen LogP contribution in [0.1, 0.15) is 18.9 Å². The summed E-state index contributed by atoms with van der Waals surface area (Å²) >= 11 is 0. The van der Waals surface area contributed by atoms with Crippen molar-refractivity contribution in [1.82, 2.24) is 34.8 Å². The molecule has 0 amide bonds. The third-order valence-corrected chi connectivity index (χ3v) is 5.39. The van der Waals surface area contributed by atoms with E-state index >= 15 is 0 Å². The molecule has 1 aliphatic heterocycles. The molecular formula is C22H23N7. The number of hydrogen-bond acceptors (Lipinski definition) is 5. The van der Waals surface area contributed by atoms with Gasteiger partial charge in [-0.1, -0.05) is 18.2 Å². The van der Waals surface area contributed by atoms with Gasteiger partial charge in [0, 0.05) is 60.6 Å². The van der Waals surface area contributed by atoms with E-state index in [1.54, 1.807) is 4.68 Å². The second-order valence-electron chi connectivity index (χ2n) is 7.49. The van der Waals surface area contributed by atoms with Gasteiger partial charge in [0.05, 0.1) is 18.4 Å². The van der Waals surface area contributed by atoms with Crippen LogP contribution >= 0.6 is 0 Å². The Morgan fingerprint density at radius 3 is 2.45 bits per heavy atom. The Hall–Kier alpha value is -3.32. The zero-order valence-corrected chi connectivity index (χ0v) is 16.4. The molecule has 7 heteroatoms. The van der Waals surface area contributed by atoms with E-state index in [1.807, 2.05) is 50.2 Å². The molecule has 7 nitrogen and oxygen atoms in total. The summed E-state index contributed by atoms with van der Waals surface area (Å²) in [6, 6.07) is 8.65. The molecule has 1 unspecified atom stereocenters. The van der Waals surface area contributed by atoms with Crippen molar-refractivity contribution in [2.45, 2.75) is 18.9 Å². The SMILES string of the molecule is Cn1cc(-c2cccc(-c3ncc(-c4cnn(C5CCCNC5)c4)cn3)c2)cn1. The maximum Gasteiger partial charge on any atom is 0.159 e. The molecule has 0 radical (unpaired) electrons. The number of nitrogens with one attached hydrogen (secondary N) is 1. The lowest BCUT2D eigenvalue weighted by molar-refractivity contribution is 0.347. The highest BCUT2D eigenvalue weighted by Gasteiger charge is 2.16. The van der Waals surface area contributed by atoms with Gasteiger partial charge >= 0.3 is 0 Å². The molecule has 1 N–H and O–H groups in total. The van der Waals surface area contributed by atoms with E-state index in [4.69, 9.17) is 0 Å². The van der Waals surface area contributed by atoms with Crippen molar-refractivity contribution in [2.75, 3.05) is 13.1 Å². The zero-order chi connectivity index (χ0) is 19.6. The summed E-state index contributed by atoms with van der Waals surface area (Å²) in [5, 5.41) is 12.2. The van der Waals surface area contributed by atoms with Crippen molar-refractivity contribution in [3.05, 3.63) is 61.4 Å². The van der Waals surface area contributed by atoms with Gasteiger partial charge in [-0.15, -0.1) is 0 Å². The normalized spacial score (nSPS) is 16.8. The van der Waals surface area contributed by atoms with Gasteiger partial charge in [-0.05, 0) is 31.0 Å². The fourth-order valence-electron chi connectivity index (χ4n) is 3.78. The van der Waals surface area contributed by atoms with Crippen LogP contribution in [0.25, 0.3) is 33.6 Å². The van der Waals surface area contributed by atoms with Crippen molar-refractivity contribution >= 4 is 0 Å². The van der Waals surface area contributed by atoms with Crippen LogP contribution in [0.15, 0.2) is 61.4 Å². The van der Waals surface area contributed by atoms with Crippen LogP contribution in [-0.4, -0.2) is 42.6 Å². The van der Waals surface area contributed by atoms with Gasteiger partial charge in [-0.25, -0.2) is 9.97 Å². The molecule has 1 saturated heterocycles. The average molecular weight is 385 g/mol. The molecule has 4 aromatic rings. The van der Waals surface area contributed by atoms with Crippen LogP contribution in [0.2, 0.25) is 0 Å². The summed E-state index contributed by atoms with van der Waals surface area (Å²) in [6.07, 6.45) is 14.0. The summed E-state index contributed by atoms with van der Waals surface area (Å²) in [7, 11) is 1.92. The molecular weight excluding hydrogens is 362 g/mol. The van der Waals surface area contributed by atoms with E-state index in [1.165, 1.54) is 6.42 Å². The quantitative estimate of drug-likeness (QED) is 0.583. The summed E-state index contributed by atoms with van der Waals surface area (Å²) in [5.41, 5.74) is 5.20. The van der Waals surface area contributed by atoms with E-state index in [9.17, 15) is 0 Å². The molecule has 4 heterocycles. The van der Waals surface area contributed by atoms with E-state index < -0.39 is 0 Å². The molecule has 29 heavy (non-hydrogen) atoms. The largest absolute Gasteiger partial charge is 0.315 e. The summed E-state index contributed by atoms with van der Waals surface area (Å²) in [5.74, 6) is 0.711. The van der Waals surface area contributed by atoms with Gasteiger partial charge in [-0.2, -0.15) is 10.2 Å². The van der Waals surface area contributed by atoms with E-state index in [0.717, 1.165) is 47.3 Å². The van der Waals surface area contributed by atoms with Crippen LogP contribution < -0.4 is 5.32 Å². The Morgan fingerprint density at radius 1 is 0.897 bits per heavy atom. The molecule has 1 aliphatic rings. The molecule has 0 spiro atoms. The highest BCUT2D eigenvalue weighted by Crippen LogP contribution is 2.26.